The summed E-state index contributed by atoms with van der Waals surface area (Å²) >= 11 is 0. The highest BCUT2D eigenvalue weighted by Crippen LogP contribution is 2.35. The number of fused-ring (bicyclic) bond motifs is 3. The summed E-state index contributed by atoms with van der Waals surface area (Å²) in [5.74, 6) is 0. The molecule has 3 rings (SSSR count). The Bertz CT molecular complexity index is 515. The maximum Gasteiger partial charge on any atom is -0.00135 e. The van der Waals surface area contributed by atoms with Gasteiger partial charge in [0.05, 0.1) is 0 Å². The molecule has 2 aromatic rings. The molecule has 120 valence electrons. The minimum atomic E-state index is 0.542. The Morgan fingerprint density at radius 2 is 1.05 bits per heavy atom. The molecule has 1 aliphatic carbocycles. The average molecular weight is 296 g/mol. The van der Waals surface area contributed by atoms with Gasteiger partial charge in [-0.15, -0.1) is 0 Å². The zero-order valence-corrected chi connectivity index (χ0v) is 15.2. The maximum atomic E-state index is 2.24. The van der Waals surface area contributed by atoms with Crippen LogP contribution in [0.4, 0.5) is 0 Å². The van der Waals surface area contributed by atoms with E-state index < -0.39 is 0 Å². The van der Waals surface area contributed by atoms with Gasteiger partial charge in [0, 0.05) is 0 Å². The van der Waals surface area contributed by atoms with Crippen LogP contribution in [-0.2, 0) is 6.42 Å². The highest BCUT2D eigenvalue weighted by atomic mass is 14.2. The average Bonchev–Trinajstić information content (AvgIpc) is 2.86. The summed E-state index contributed by atoms with van der Waals surface area (Å²) in [6.07, 6.45) is 3.62. The highest BCUT2D eigenvalue weighted by molar-refractivity contribution is 5.76. The molecule has 0 saturated carbocycles. The second-order valence-corrected chi connectivity index (χ2v) is 7.11. The standard InChI is InChI=1S/C13H10.C6H14.C3H8/c1-3-7-12-10(5-1)9-11-6-2-4-8-13(11)12;1-5-6(2,3)4;1-3-2/h1-8H,9H2;5H2,1-4H3;3H2,1-2H3. The molecule has 0 nitrogen and oxygen atoms in total. The SMILES string of the molecule is CCC.CCC(C)(C)C.c1ccc2c(c1)Cc1ccccc1-2. The van der Waals surface area contributed by atoms with E-state index in [1.54, 1.807) is 0 Å². The van der Waals surface area contributed by atoms with Crippen molar-refractivity contribution in [2.75, 3.05) is 0 Å². The normalized spacial score (nSPS) is 11.4. The lowest BCUT2D eigenvalue weighted by molar-refractivity contribution is 0.398. The lowest BCUT2D eigenvalue weighted by Gasteiger charge is -2.12. The van der Waals surface area contributed by atoms with Crippen molar-refractivity contribution in [1.82, 2.24) is 0 Å². The van der Waals surface area contributed by atoms with Gasteiger partial charge in [-0.1, -0.05) is 103 Å². The largest absolute Gasteiger partial charge is 0.0656 e. The van der Waals surface area contributed by atoms with Gasteiger partial charge in [0.1, 0.15) is 0 Å². The van der Waals surface area contributed by atoms with Crippen molar-refractivity contribution in [1.29, 1.82) is 0 Å². The lowest BCUT2D eigenvalue weighted by atomic mass is 9.94. The van der Waals surface area contributed by atoms with Crippen LogP contribution >= 0.6 is 0 Å². The van der Waals surface area contributed by atoms with Gasteiger partial charge in [-0.25, -0.2) is 0 Å². The van der Waals surface area contributed by atoms with Gasteiger partial charge in [-0.3, -0.25) is 0 Å². The first-order chi connectivity index (χ1) is 10.4. The second-order valence-electron chi connectivity index (χ2n) is 7.11. The minimum absolute atomic E-state index is 0.542. The molecule has 0 aromatic heterocycles. The van der Waals surface area contributed by atoms with Crippen molar-refractivity contribution in [3.63, 3.8) is 0 Å². The summed E-state index contributed by atoms with van der Waals surface area (Å²) in [7, 11) is 0. The second kappa shape index (κ2) is 8.78. The Morgan fingerprint density at radius 1 is 0.727 bits per heavy atom. The fraction of sp³-hybridized carbons (Fsp3) is 0.455. The van der Waals surface area contributed by atoms with Gasteiger partial charge in [-0.05, 0) is 34.1 Å². The lowest BCUT2D eigenvalue weighted by Crippen LogP contribution is -2.00. The Kier molecular flexibility index (Phi) is 7.38. The molecule has 0 spiro atoms. The maximum absolute atomic E-state index is 2.24. The minimum Gasteiger partial charge on any atom is -0.0656 e. The Balaban J connectivity index is 0.000000229. The van der Waals surface area contributed by atoms with Gasteiger partial charge >= 0.3 is 0 Å². The van der Waals surface area contributed by atoms with Crippen molar-refractivity contribution in [2.45, 2.75) is 60.8 Å². The van der Waals surface area contributed by atoms with Gasteiger partial charge in [-0.2, -0.15) is 0 Å². The molecule has 0 heteroatoms. The smallest absolute Gasteiger partial charge is 0.00135 e. The van der Waals surface area contributed by atoms with Crippen LogP contribution in [0.5, 0.6) is 0 Å². The molecule has 0 atom stereocenters. The zero-order valence-electron chi connectivity index (χ0n) is 15.2. The van der Waals surface area contributed by atoms with Crippen molar-refractivity contribution >= 4 is 0 Å². The van der Waals surface area contributed by atoms with E-state index in [1.807, 2.05) is 0 Å². The number of hydrogen-bond donors (Lipinski definition) is 0. The fourth-order valence-corrected chi connectivity index (χ4v) is 2.08. The van der Waals surface area contributed by atoms with Crippen LogP contribution in [0.25, 0.3) is 11.1 Å². The summed E-state index contributed by atoms with van der Waals surface area (Å²) in [5.41, 5.74) is 6.30. The van der Waals surface area contributed by atoms with Gasteiger partial charge in [0.2, 0.25) is 0 Å². The van der Waals surface area contributed by atoms with Crippen LogP contribution in [-0.4, -0.2) is 0 Å². The first kappa shape index (κ1) is 18.5. The molecule has 0 saturated heterocycles. The van der Waals surface area contributed by atoms with E-state index in [-0.39, 0.29) is 0 Å². The van der Waals surface area contributed by atoms with Crippen LogP contribution in [0.15, 0.2) is 48.5 Å². The fourth-order valence-electron chi connectivity index (χ4n) is 2.08. The molecule has 0 unspecified atom stereocenters. The Labute approximate surface area is 137 Å². The van der Waals surface area contributed by atoms with E-state index in [2.05, 4.69) is 90.1 Å². The third-order valence-electron chi connectivity index (χ3n) is 3.77. The van der Waals surface area contributed by atoms with Crippen LogP contribution in [0, 0.1) is 5.41 Å². The molecule has 0 heterocycles. The topological polar surface area (TPSA) is 0 Å². The predicted octanol–water partition coefficient (Wildman–Crippen LogP) is 7.12. The summed E-state index contributed by atoms with van der Waals surface area (Å²) in [6, 6.07) is 17.3. The van der Waals surface area contributed by atoms with E-state index in [1.165, 1.54) is 35.1 Å². The zero-order chi connectivity index (χ0) is 16.6. The Morgan fingerprint density at radius 3 is 1.36 bits per heavy atom. The first-order valence-electron chi connectivity index (χ1n) is 8.59. The van der Waals surface area contributed by atoms with Crippen molar-refractivity contribution < 1.29 is 0 Å². The summed E-state index contributed by atoms with van der Waals surface area (Å²) in [5, 5.41) is 0. The Hall–Kier alpha value is -1.56. The van der Waals surface area contributed by atoms with Crippen LogP contribution in [0.2, 0.25) is 0 Å². The van der Waals surface area contributed by atoms with Crippen molar-refractivity contribution in [2.24, 2.45) is 5.41 Å². The molecular weight excluding hydrogens is 264 g/mol. The number of benzene rings is 2. The third-order valence-corrected chi connectivity index (χ3v) is 3.77. The summed E-state index contributed by atoms with van der Waals surface area (Å²) < 4.78 is 0. The molecule has 1 aliphatic rings. The highest BCUT2D eigenvalue weighted by Gasteiger charge is 2.15. The van der Waals surface area contributed by atoms with E-state index >= 15 is 0 Å². The van der Waals surface area contributed by atoms with E-state index in [9.17, 15) is 0 Å². The summed E-state index contributed by atoms with van der Waals surface area (Å²) in [6.45, 7) is 13.2. The molecule has 0 aliphatic heterocycles. The summed E-state index contributed by atoms with van der Waals surface area (Å²) in [4.78, 5) is 0. The van der Waals surface area contributed by atoms with E-state index in [0.717, 1.165) is 6.42 Å². The molecule has 0 radical (unpaired) electrons. The van der Waals surface area contributed by atoms with E-state index in [4.69, 9.17) is 0 Å². The quantitative estimate of drug-likeness (QED) is 0.414. The molecule has 0 bridgehead atoms. The van der Waals surface area contributed by atoms with Gasteiger partial charge < -0.3 is 0 Å². The monoisotopic (exact) mass is 296 g/mol. The van der Waals surface area contributed by atoms with Crippen molar-refractivity contribution in [3.8, 4) is 11.1 Å². The van der Waals surface area contributed by atoms with Crippen molar-refractivity contribution in [3.05, 3.63) is 59.7 Å². The number of rotatable bonds is 0. The van der Waals surface area contributed by atoms with Crippen LogP contribution in [0.3, 0.4) is 0 Å². The number of hydrogen-bond acceptors (Lipinski definition) is 0. The van der Waals surface area contributed by atoms with Gasteiger partial charge in [0.15, 0.2) is 0 Å². The molecule has 22 heavy (non-hydrogen) atoms. The molecular formula is C22H32. The van der Waals surface area contributed by atoms with Crippen LogP contribution < -0.4 is 0 Å². The van der Waals surface area contributed by atoms with Crippen LogP contribution in [0.1, 0.15) is 65.5 Å². The molecule has 2 aromatic carbocycles. The van der Waals surface area contributed by atoms with E-state index in [0.29, 0.717) is 5.41 Å². The first-order valence-corrected chi connectivity index (χ1v) is 8.59. The molecule has 0 amide bonds. The predicted molar refractivity (Wildman–Crippen MR) is 100 cm³/mol. The molecule has 0 fully saturated rings. The third kappa shape index (κ3) is 5.67. The van der Waals surface area contributed by atoms with Gasteiger partial charge in [0.25, 0.3) is 0 Å². The molecule has 0 N–H and O–H groups in total.